The maximum atomic E-state index is 13.4. The van der Waals surface area contributed by atoms with E-state index in [-0.39, 0.29) is 5.82 Å². The highest BCUT2D eigenvalue weighted by atomic mass is 79.9. The lowest BCUT2D eigenvalue weighted by Gasteiger charge is -1.98. The van der Waals surface area contributed by atoms with Crippen LogP contribution in [0.25, 0.3) is 10.6 Å². The summed E-state index contributed by atoms with van der Waals surface area (Å²) < 4.78 is 14.1. The summed E-state index contributed by atoms with van der Waals surface area (Å²) in [7, 11) is 0. The van der Waals surface area contributed by atoms with Crippen LogP contribution in [0.2, 0.25) is 0 Å². The molecule has 94 valence electrons. The number of nitrogens with zero attached hydrogens (tertiary/aromatic N) is 1. The second-order valence-electron chi connectivity index (χ2n) is 4.46. The van der Waals surface area contributed by atoms with Crippen molar-refractivity contribution in [1.29, 1.82) is 0 Å². The summed E-state index contributed by atoms with van der Waals surface area (Å²) in [6, 6.07) is 4.85. The van der Waals surface area contributed by atoms with Gasteiger partial charge in [0.15, 0.2) is 0 Å². The van der Waals surface area contributed by atoms with E-state index in [2.05, 4.69) is 20.9 Å². The largest absolute Gasteiger partial charge is 0.326 e. The van der Waals surface area contributed by atoms with Crippen LogP contribution < -0.4 is 5.73 Å². The van der Waals surface area contributed by atoms with Gasteiger partial charge in [0.2, 0.25) is 0 Å². The minimum Gasteiger partial charge on any atom is -0.326 e. The number of rotatable bonds is 3. The van der Waals surface area contributed by atoms with E-state index < -0.39 is 0 Å². The molecule has 1 fully saturated rings. The molecule has 1 aromatic carbocycles. The van der Waals surface area contributed by atoms with E-state index in [1.54, 1.807) is 11.3 Å². The van der Waals surface area contributed by atoms with Crippen LogP contribution >= 0.6 is 27.3 Å². The topological polar surface area (TPSA) is 38.9 Å². The van der Waals surface area contributed by atoms with Crippen molar-refractivity contribution in [2.24, 2.45) is 5.73 Å². The Morgan fingerprint density at radius 1 is 1.39 bits per heavy atom. The molecule has 2 aromatic rings. The molecule has 0 bridgehead atoms. The number of nitrogens with two attached hydrogens (primary N) is 1. The van der Waals surface area contributed by atoms with Crippen molar-refractivity contribution >= 4 is 27.3 Å². The lowest BCUT2D eigenvalue weighted by molar-refractivity contribution is 0.627. The summed E-state index contributed by atoms with van der Waals surface area (Å²) in [5.41, 5.74) is 7.69. The van der Waals surface area contributed by atoms with Crippen LogP contribution in [0.1, 0.15) is 29.3 Å². The van der Waals surface area contributed by atoms with Gasteiger partial charge in [-0.2, -0.15) is 0 Å². The van der Waals surface area contributed by atoms with Crippen molar-refractivity contribution in [3.8, 4) is 10.6 Å². The molecule has 0 radical (unpaired) electrons. The van der Waals surface area contributed by atoms with Crippen molar-refractivity contribution in [1.82, 2.24) is 4.98 Å². The van der Waals surface area contributed by atoms with E-state index in [4.69, 9.17) is 5.73 Å². The molecular weight excluding hydrogens is 315 g/mol. The molecule has 0 spiro atoms. The predicted molar refractivity (Wildman–Crippen MR) is 75.1 cm³/mol. The van der Waals surface area contributed by atoms with E-state index in [9.17, 15) is 4.39 Å². The Kier molecular flexibility index (Phi) is 3.21. The molecule has 1 saturated carbocycles. The summed E-state index contributed by atoms with van der Waals surface area (Å²) in [5.74, 6) is 0.322. The molecule has 0 aliphatic heterocycles. The molecule has 2 nitrogen and oxygen atoms in total. The van der Waals surface area contributed by atoms with Gasteiger partial charge >= 0.3 is 0 Å². The number of hydrogen-bond donors (Lipinski definition) is 1. The predicted octanol–water partition coefficient (Wildman–Crippen LogP) is 4.05. The molecule has 0 atom stereocenters. The van der Waals surface area contributed by atoms with E-state index in [1.165, 1.54) is 25.0 Å². The summed E-state index contributed by atoms with van der Waals surface area (Å²) in [6.45, 7) is 0.514. The normalized spacial score (nSPS) is 15.1. The monoisotopic (exact) mass is 326 g/mol. The zero-order valence-corrected chi connectivity index (χ0v) is 12.0. The van der Waals surface area contributed by atoms with Gasteiger partial charge < -0.3 is 5.73 Å². The van der Waals surface area contributed by atoms with Crippen LogP contribution in [0.15, 0.2) is 22.7 Å². The first-order chi connectivity index (χ1) is 8.67. The fourth-order valence-corrected chi connectivity index (χ4v) is 3.46. The molecule has 3 rings (SSSR count). The van der Waals surface area contributed by atoms with Gasteiger partial charge in [0.25, 0.3) is 0 Å². The Morgan fingerprint density at radius 2 is 2.17 bits per heavy atom. The number of aromatic nitrogens is 1. The third-order valence-corrected chi connectivity index (χ3v) is 4.59. The molecule has 18 heavy (non-hydrogen) atoms. The molecule has 0 unspecified atom stereocenters. The van der Waals surface area contributed by atoms with E-state index >= 15 is 0 Å². The van der Waals surface area contributed by atoms with Gasteiger partial charge in [-0.15, -0.1) is 11.3 Å². The highest BCUT2D eigenvalue weighted by molar-refractivity contribution is 9.10. The molecule has 1 aromatic heterocycles. The highest BCUT2D eigenvalue weighted by Crippen LogP contribution is 2.44. The van der Waals surface area contributed by atoms with Crippen molar-refractivity contribution in [2.45, 2.75) is 25.3 Å². The Labute approximate surface area is 117 Å². The Bertz CT molecular complexity index is 572. The minimum absolute atomic E-state index is 0.253. The van der Waals surface area contributed by atoms with Crippen LogP contribution in [-0.4, -0.2) is 4.98 Å². The lowest BCUT2D eigenvalue weighted by Crippen LogP contribution is -1.96. The van der Waals surface area contributed by atoms with Crippen LogP contribution in [0.5, 0.6) is 0 Å². The van der Waals surface area contributed by atoms with E-state index in [1.807, 2.05) is 6.07 Å². The zero-order chi connectivity index (χ0) is 12.7. The second-order valence-corrected chi connectivity index (χ2v) is 6.46. The molecule has 1 heterocycles. The highest BCUT2D eigenvalue weighted by Gasteiger charge is 2.29. The maximum Gasteiger partial charge on any atom is 0.125 e. The summed E-state index contributed by atoms with van der Waals surface area (Å²) in [5, 5.41) is 0.859. The minimum atomic E-state index is -0.253. The Balaban J connectivity index is 2.05. The van der Waals surface area contributed by atoms with Crippen molar-refractivity contribution in [3.63, 3.8) is 0 Å². The van der Waals surface area contributed by atoms with Gasteiger partial charge in [-0.3, -0.25) is 0 Å². The maximum absolute atomic E-state index is 13.4. The van der Waals surface area contributed by atoms with E-state index in [0.717, 1.165) is 25.6 Å². The van der Waals surface area contributed by atoms with Gasteiger partial charge in [0.1, 0.15) is 10.8 Å². The van der Waals surface area contributed by atoms with Crippen molar-refractivity contribution in [2.75, 3.05) is 0 Å². The second kappa shape index (κ2) is 4.72. The Morgan fingerprint density at radius 3 is 2.78 bits per heavy atom. The van der Waals surface area contributed by atoms with Crippen LogP contribution in [0.4, 0.5) is 4.39 Å². The van der Waals surface area contributed by atoms with Gasteiger partial charge in [-0.1, -0.05) is 15.9 Å². The molecule has 5 heteroatoms. The Hall–Kier alpha value is -0.780. The molecule has 0 amide bonds. The summed E-state index contributed by atoms with van der Waals surface area (Å²) in [6.07, 6.45) is 2.39. The lowest BCUT2D eigenvalue weighted by atomic mass is 10.2. The number of thiazole rings is 1. The zero-order valence-electron chi connectivity index (χ0n) is 9.62. The average molecular weight is 327 g/mol. The first-order valence-electron chi connectivity index (χ1n) is 5.83. The molecule has 1 aliphatic rings. The van der Waals surface area contributed by atoms with Gasteiger partial charge in [0.05, 0.1) is 5.69 Å². The smallest absolute Gasteiger partial charge is 0.125 e. The number of halogens is 2. The SMILES string of the molecule is NCc1sc(-c2cc(F)cc(Br)c2)nc1C1CC1. The first-order valence-corrected chi connectivity index (χ1v) is 7.44. The van der Waals surface area contributed by atoms with Crippen molar-refractivity contribution < 1.29 is 4.39 Å². The fraction of sp³-hybridized carbons (Fsp3) is 0.308. The van der Waals surface area contributed by atoms with Crippen molar-refractivity contribution in [3.05, 3.63) is 39.1 Å². The van der Waals surface area contributed by atoms with E-state index in [0.29, 0.717) is 12.5 Å². The van der Waals surface area contributed by atoms with Gasteiger partial charge in [0, 0.05) is 27.4 Å². The summed E-state index contributed by atoms with van der Waals surface area (Å²) in [4.78, 5) is 5.78. The van der Waals surface area contributed by atoms with Crippen LogP contribution in [-0.2, 0) is 6.54 Å². The third-order valence-electron chi connectivity index (χ3n) is 2.99. The van der Waals surface area contributed by atoms with Crippen LogP contribution in [0.3, 0.4) is 0 Å². The first kappa shape index (κ1) is 12.3. The number of hydrogen-bond acceptors (Lipinski definition) is 3. The standard InChI is InChI=1S/C13H12BrFN2S/c14-9-3-8(4-10(15)5-9)13-17-12(7-1-2-7)11(6-16)18-13/h3-5,7H,1-2,6,16H2. The third kappa shape index (κ3) is 2.35. The summed E-state index contributed by atoms with van der Waals surface area (Å²) >= 11 is 4.88. The van der Waals surface area contributed by atoms with Gasteiger partial charge in [-0.25, -0.2) is 9.37 Å². The average Bonchev–Trinajstić information content (AvgIpc) is 3.07. The molecular formula is C13H12BrFN2S. The van der Waals surface area contributed by atoms with Crippen LogP contribution in [0, 0.1) is 5.82 Å². The van der Waals surface area contributed by atoms with Gasteiger partial charge in [-0.05, 0) is 31.0 Å². The molecule has 1 aliphatic carbocycles. The fourth-order valence-electron chi connectivity index (χ4n) is 1.99. The molecule has 0 saturated heterocycles. The molecule has 2 N–H and O–H groups in total. The quantitative estimate of drug-likeness (QED) is 0.924. The number of benzene rings is 1.